The Morgan fingerprint density at radius 3 is 2.11 bits per heavy atom. The topological polar surface area (TPSA) is 48.8 Å². The van der Waals surface area contributed by atoms with Crippen molar-refractivity contribution in [2.24, 2.45) is 5.41 Å². The predicted molar refractivity (Wildman–Crippen MR) is 226 cm³/mol. The van der Waals surface area contributed by atoms with E-state index in [0.29, 0.717) is 28.7 Å². The molecule has 6 nitrogen and oxygen atoms in total. The predicted octanol–water partition coefficient (Wildman–Crippen LogP) is 11.7. The third kappa shape index (κ3) is 8.53. The van der Waals surface area contributed by atoms with Crippen LogP contribution in [0.3, 0.4) is 0 Å². The van der Waals surface area contributed by atoms with Crippen LogP contribution in [0.2, 0.25) is 0 Å². The Hall–Kier alpha value is -5.32. The van der Waals surface area contributed by atoms with E-state index in [1.807, 2.05) is 77.2 Å². The van der Waals surface area contributed by atoms with Crippen LogP contribution in [-0.2, 0) is 38.3 Å². The second-order valence-electron chi connectivity index (χ2n) is 17.6. The van der Waals surface area contributed by atoms with Crippen LogP contribution in [0.4, 0.5) is 0 Å². The Kier molecular flexibility index (Phi) is 9.94. The quantitative estimate of drug-likeness (QED) is 0.118. The van der Waals surface area contributed by atoms with Crippen LogP contribution in [0, 0.1) is 23.9 Å². The summed E-state index contributed by atoms with van der Waals surface area (Å²) in [6.07, 6.45) is 9.14. The summed E-state index contributed by atoms with van der Waals surface area (Å²) in [5, 5.41) is 2.00. The fourth-order valence-corrected chi connectivity index (χ4v) is 6.94. The van der Waals surface area contributed by atoms with Crippen LogP contribution in [0.25, 0.3) is 50.3 Å². The molecule has 0 radical (unpaired) electrons. The zero-order chi connectivity index (χ0) is 41.2. The molecule has 0 saturated heterocycles. The maximum absolute atomic E-state index is 9.02. The molecular formula is C50H49N5OPt-2. The second kappa shape index (κ2) is 15.2. The van der Waals surface area contributed by atoms with E-state index in [1.165, 1.54) is 11.1 Å². The van der Waals surface area contributed by atoms with E-state index < -0.39 is 11.8 Å². The molecule has 0 atom stereocenters. The number of hydrogen-bond donors (Lipinski definition) is 0. The zero-order valence-electron chi connectivity index (χ0n) is 36.0. The molecule has 0 aliphatic rings. The number of rotatable bonds is 7. The summed E-state index contributed by atoms with van der Waals surface area (Å²) in [5.74, 6) is 2.11. The minimum Gasteiger partial charge on any atom is -0.522 e. The maximum atomic E-state index is 9.02. The maximum Gasteiger partial charge on any atom is 0.268 e. The van der Waals surface area contributed by atoms with Gasteiger partial charge in [-0.05, 0) is 91.9 Å². The number of hydrogen-bond acceptors (Lipinski definition) is 3. The molecule has 4 aromatic carbocycles. The number of fused-ring (bicyclic) bond motifs is 3. The Labute approximate surface area is 354 Å². The van der Waals surface area contributed by atoms with Gasteiger partial charge < -0.3 is 9.30 Å². The number of pyridine rings is 2. The summed E-state index contributed by atoms with van der Waals surface area (Å²) in [4.78, 5) is 9.40. The third-order valence-electron chi connectivity index (χ3n) is 9.86. The van der Waals surface area contributed by atoms with Gasteiger partial charge in [0.2, 0.25) is 0 Å². The molecule has 0 unspecified atom stereocenters. The van der Waals surface area contributed by atoms with E-state index in [4.69, 9.17) is 12.5 Å². The number of ether oxygens (including phenoxy) is 1. The van der Waals surface area contributed by atoms with E-state index in [-0.39, 0.29) is 31.9 Å². The average Bonchev–Trinajstić information content (AvgIpc) is 3.80. The summed E-state index contributed by atoms with van der Waals surface area (Å²) in [5.41, 5.74) is 7.39. The molecule has 0 N–H and O–H groups in total. The molecule has 0 spiro atoms. The van der Waals surface area contributed by atoms with Crippen molar-refractivity contribution in [1.82, 2.24) is 19.1 Å². The van der Waals surface area contributed by atoms with Gasteiger partial charge in [0.25, 0.3) is 6.33 Å². The summed E-state index contributed by atoms with van der Waals surface area (Å²) in [7, 11) is 0. The number of nitrogens with zero attached hydrogens (tertiary/aromatic N) is 5. The number of aromatic nitrogens is 5. The number of benzene rings is 4. The van der Waals surface area contributed by atoms with Crippen molar-refractivity contribution < 1.29 is 33.1 Å². The molecule has 57 heavy (non-hydrogen) atoms. The van der Waals surface area contributed by atoms with Gasteiger partial charge in [0.05, 0.1) is 11.5 Å². The fraction of sp³-hybridized carbons (Fsp3) is 0.260. The molecule has 0 amide bonds. The van der Waals surface area contributed by atoms with Crippen LogP contribution < -0.4 is 9.30 Å². The van der Waals surface area contributed by atoms with Gasteiger partial charge in [0, 0.05) is 53.7 Å². The van der Waals surface area contributed by atoms with Crippen molar-refractivity contribution in [3.05, 3.63) is 157 Å². The van der Waals surface area contributed by atoms with Crippen molar-refractivity contribution >= 4 is 21.8 Å². The third-order valence-corrected chi connectivity index (χ3v) is 9.86. The monoisotopic (exact) mass is 932 g/mol. The van der Waals surface area contributed by atoms with Gasteiger partial charge in [0.15, 0.2) is 0 Å². The minimum atomic E-state index is -1.60. The van der Waals surface area contributed by atoms with Crippen LogP contribution in [0.15, 0.2) is 122 Å². The van der Waals surface area contributed by atoms with E-state index in [9.17, 15) is 0 Å². The molecule has 8 rings (SSSR count). The van der Waals surface area contributed by atoms with Crippen molar-refractivity contribution in [1.29, 1.82) is 0 Å². The standard InChI is InChI=1S/C50H49N5O.Pt/c1-48(2,3)32-34-19-21-52-47(25-34)55-44-18-15-36(35-13-11-10-12-14-35)26-43(44)42-17-16-40(30-45(42)55)56-41-20-22-51-46(31-41)54-24-23-53(33-54)39-28-37(49(4,5)6)27-38(29-39)50(7,8)9;/h10-29H,32H2,1-9H3;/q-2;/i32D2;. The van der Waals surface area contributed by atoms with Crippen LogP contribution in [0.5, 0.6) is 11.5 Å². The van der Waals surface area contributed by atoms with Gasteiger partial charge in [-0.2, -0.15) is 18.2 Å². The van der Waals surface area contributed by atoms with Crippen molar-refractivity contribution in [3.63, 3.8) is 0 Å². The van der Waals surface area contributed by atoms with Gasteiger partial charge in [-0.1, -0.05) is 123 Å². The first-order chi connectivity index (χ1) is 27.4. The molecule has 4 heterocycles. The van der Waals surface area contributed by atoms with Crippen LogP contribution in [-0.4, -0.2) is 19.1 Å². The first-order valence-electron chi connectivity index (χ1n) is 20.1. The average molecular weight is 933 g/mol. The summed E-state index contributed by atoms with van der Waals surface area (Å²) in [6, 6.07) is 39.7. The van der Waals surface area contributed by atoms with E-state index in [0.717, 1.165) is 38.6 Å². The fourth-order valence-electron chi connectivity index (χ4n) is 6.94. The van der Waals surface area contributed by atoms with Gasteiger partial charge in [-0.3, -0.25) is 14.1 Å². The molecule has 4 aromatic heterocycles. The minimum absolute atomic E-state index is 0. The Morgan fingerprint density at radius 2 is 1.40 bits per heavy atom. The molecule has 292 valence electrons. The van der Waals surface area contributed by atoms with Gasteiger partial charge in [-0.25, -0.2) is 4.98 Å². The van der Waals surface area contributed by atoms with Crippen LogP contribution >= 0.6 is 0 Å². The van der Waals surface area contributed by atoms with Gasteiger partial charge >= 0.3 is 0 Å². The molecule has 0 bridgehead atoms. The van der Waals surface area contributed by atoms with E-state index >= 15 is 0 Å². The van der Waals surface area contributed by atoms with Crippen molar-refractivity contribution in [3.8, 4) is 39.9 Å². The first kappa shape index (κ1) is 37.3. The summed E-state index contributed by atoms with van der Waals surface area (Å²) < 4.78 is 30.4. The van der Waals surface area contributed by atoms with Gasteiger partial charge in [0.1, 0.15) is 5.82 Å². The zero-order valence-corrected chi connectivity index (χ0v) is 36.3. The summed E-state index contributed by atoms with van der Waals surface area (Å²) >= 11 is 0. The normalized spacial score (nSPS) is 13.0. The van der Waals surface area contributed by atoms with Crippen LogP contribution in [0.1, 0.15) is 81.7 Å². The SMILES string of the molecule is [2H]C([2H])(c1ccnc(-n2c3[c-]c(Oc4[c-]c(-n5[c-][n+](-c6cc(C(C)(C)C)cc(C(C)(C)C)c6)cc5)ncc4)ccc3c3cc(-c4ccccc4)ccc32)c1)C(C)(C)C.[Pt]. The molecule has 0 saturated carbocycles. The molecule has 8 aromatic rings. The Morgan fingerprint density at radius 1 is 0.702 bits per heavy atom. The van der Waals surface area contributed by atoms with E-state index in [1.54, 1.807) is 24.5 Å². The molecule has 0 aliphatic heterocycles. The smallest absolute Gasteiger partial charge is 0.268 e. The molecule has 7 heteroatoms. The van der Waals surface area contributed by atoms with Gasteiger partial charge in [-0.15, -0.1) is 17.5 Å². The molecular weight excluding hydrogens is 882 g/mol. The van der Waals surface area contributed by atoms with Crippen molar-refractivity contribution in [2.45, 2.75) is 79.5 Å². The second-order valence-corrected chi connectivity index (χ2v) is 17.6. The Bertz CT molecular complexity index is 2770. The molecule has 0 fully saturated rings. The van der Waals surface area contributed by atoms with Crippen molar-refractivity contribution in [2.75, 3.05) is 0 Å². The first-order valence-corrected chi connectivity index (χ1v) is 19.1. The molecule has 0 aliphatic carbocycles. The van der Waals surface area contributed by atoms with E-state index in [2.05, 4.69) is 120 Å². The Balaban J connectivity index is 0.00000528. The largest absolute Gasteiger partial charge is 0.522 e. The number of imidazole rings is 1. The summed E-state index contributed by atoms with van der Waals surface area (Å²) in [6.45, 7) is 19.2.